The van der Waals surface area contributed by atoms with Crippen molar-refractivity contribution >= 4 is 40.8 Å². The number of aromatic nitrogens is 1. The molecule has 0 bridgehead atoms. The summed E-state index contributed by atoms with van der Waals surface area (Å²) in [6.07, 6.45) is -3.24. The van der Waals surface area contributed by atoms with Gasteiger partial charge in [-0.25, -0.2) is 0 Å². The summed E-state index contributed by atoms with van der Waals surface area (Å²) in [5.74, 6) is 0.649. The van der Waals surface area contributed by atoms with Gasteiger partial charge in [0.1, 0.15) is 18.0 Å². The lowest BCUT2D eigenvalue weighted by Crippen LogP contribution is -2.06. The Kier molecular flexibility index (Phi) is 8.17. The molecule has 0 spiro atoms. The number of nitro benzene ring substituents is 1. The summed E-state index contributed by atoms with van der Waals surface area (Å²) < 4.78 is 46.6. The fourth-order valence-electron chi connectivity index (χ4n) is 3.93. The van der Waals surface area contributed by atoms with Crippen LogP contribution in [-0.2, 0) is 12.8 Å². The van der Waals surface area contributed by atoms with E-state index in [1.54, 1.807) is 18.2 Å². The molecular formula is C27H21Cl2F3N4O3. The van der Waals surface area contributed by atoms with Crippen molar-refractivity contribution in [3.63, 3.8) is 0 Å². The number of hydrogen-bond donors (Lipinski definition) is 1. The average Bonchev–Trinajstić information content (AvgIpc) is 3.16. The number of alkyl halides is 3. The smallest absolute Gasteiger partial charge is 0.416 e. The molecular weight excluding hydrogens is 556 g/mol. The Morgan fingerprint density at radius 2 is 1.77 bits per heavy atom. The van der Waals surface area contributed by atoms with E-state index < -0.39 is 22.4 Å². The summed E-state index contributed by atoms with van der Waals surface area (Å²) in [6.45, 7) is 4.06. The van der Waals surface area contributed by atoms with Crippen LogP contribution in [0.15, 0.2) is 71.8 Å². The van der Waals surface area contributed by atoms with E-state index in [0.29, 0.717) is 27.4 Å². The van der Waals surface area contributed by atoms with Gasteiger partial charge in [-0.2, -0.15) is 18.3 Å². The van der Waals surface area contributed by atoms with Crippen molar-refractivity contribution < 1.29 is 22.8 Å². The van der Waals surface area contributed by atoms with E-state index in [9.17, 15) is 23.3 Å². The molecule has 0 atom stereocenters. The molecule has 1 aromatic heterocycles. The highest BCUT2D eigenvalue weighted by atomic mass is 35.5. The maximum atomic E-state index is 12.9. The fraction of sp³-hybridized carbons (Fsp3) is 0.148. The number of benzene rings is 3. The third-order valence-electron chi connectivity index (χ3n) is 5.89. The zero-order chi connectivity index (χ0) is 28.3. The van der Waals surface area contributed by atoms with Crippen LogP contribution in [0.2, 0.25) is 10.0 Å². The number of ether oxygens (including phenoxy) is 1. The summed E-state index contributed by atoms with van der Waals surface area (Å²) >= 11 is 12.1. The van der Waals surface area contributed by atoms with Crippen LogP contribution < -0.4 is 10.2 Å². The monoisotopic (exact) mass is 576 g/mol. The summed E-state index contributed by atoms with van der Waals surface area (Å²) in [5, 5.41) is 16.4. The van der Waals surface area contributed by atoms with Gasteiger partial charge in [0, 0.05) is 44.3 Å². The second kappa shape index (κ2) is 11.4. The summed E-state index contributed by atoms with van der Waals surface area (Å²) in [5.41, 5.74) is 4.60. The molecule has 4 rings (SSSR count). The number of hydrogen-bond acceptors (Lipinski definition) is 5. The normalized spacial score (nSPS) is 11.7. The lowest BCUT2D eigenvalue weighted by molar-refractivity contribution is -0.384. The Hall–Kier alpha value is -4.02. The number of nitrogens with zero attached hydrogens (tertiary/aromatic N) is 3. The van der Waals surface area contributed by atoms with Gasteiger partial charge < -0.3 is 9.30 Å². The molecule has 0 saturated heterocycles. The van der Waals surface area contributed by atoms with Gasteiger partial charge in [0.2, 0.25) is 0 Å². The summed E-state index contributed by atoms with van der Waals surface area (Å²) in [4.78, 5) is 10.4. The molecule has 0 unspecified atom stereocenters. The number of hydrazone groups is 1. The summed E-state index contributed by atoms with van der Waals surface area (Å²) in [7, 11) is 0. The van der Waals surface area contributed by atoms with Crippen LogP contribution in [0.4, 0.5) is 24.5 Å². The molecule has 12 heteroatoms. The molecule has 0 amide bonds. The van der Waals surface area contributed by atoms with Gasteiger partial charge in [-0.3, -0.25) is 15.5 Å². The first-order valence-corrected chi connectivity index (χ1v) is 12.2. The topological polar surface area (TPSA) is 81.7 Å². The van der Waals surface area contributed by atoms with Crippen molar-refractivity contribution in [2.24, 2.45) is 5.10 Å². The number of halogens is 5. The summed E-state index contributed by atoms with van der Waals surface area (Å²) in [6, 6.07) is 16.7. The van der Waals surface area contributed by atoms with E-state index in [4.69, 9.17) is 27.9 Å². The van der Waals surface area contributed by atoms with E-state index in [0.717, 1.165) is 34.8 Å². The van der Waals surface area contributed by atoms with Gasteiger partial charge in [0.15, 0.2) is 0 Å². The Bertz CT molecular complexity index is 1550. The maximum absolute atomic E-state index is 12.9. The molecule has 0 aliphatic rings. The number of aryl methyl sites for hydroxylation is 1. The van der Waals surface area contributed by atoms with Crippen LogP contribution in [0.25, 0.3) is 5.69 Å². The van der Waals surface area contributed by atoms with Crippen molar-refractivity contribution in [3.05, 3.63) is 115 Å². The molecule has 0 aliphatic heterocycles. The van der Waals surface area contributed by atoms with E-state index >= 15 is 0 Å². The predicted octanol–water partition coefficient (Wildman–Crippen LogP) is 8.35. The molecule has 7 nitrogen and oxygen atoms in total. The minimum absolute atomic E-state index is 0.159. The number of nitrogens with one attached hydrogen (secondary N) is 1. The Balaban J connectivity index is 1.48. The Morgan fingerprint density at radius 1 is 1.05 bits per heavy atom. The van der Waals surface area contributed by atoms with E-state index in [1.807, 2.05) is 48.7 Å². The van der Waals surface area contributed by atoms with Crippen LogP contribution >= 0.6 is 23.2 Å². The molecule has 39 heavy (non-hydrogen) atoms. The number of anilines is 1. The van der Waals surface area contributed by atoms with Crippen LogP contribution in [0.3, 0.4) is 0 Å². The van der Waals surface area contributed by atoms with Crippen LogP contribution in [0.1, 0.15) is 28.1 Å². The second-order valence-corrected chi connectivity index (χ2v) is 9.38. The molecule has 4 aromatic rings. The Morgan fingerprint density at radius 3 is 2.41 bits per heavy atom. The van der Waals surface area contributed by atoms with Gasteiger partial charge in [0.25, 0.3) is 5.69 Å². The standard InChI is InChI=1S/C27H21Cl2F3N4O3/c1-16-11-19(14-33-34-25-10-4-20(27(30,31)32)12-26(25)36(37)38)17(2)35(16)22-6-8-23(9-7-22)39-15-18-3-5-21(28)13-24(18)29/h3-14,34H,15H2,1-2H3/b33-14-. The molecule has 3 aromatic carbocycles. The predicted molar refractivity (Wildman–Crippen MR) is 145 cm³/mol. The zero-order valence-corrected chi connectivity index (χ0v) is 22.1. The molecule has 0 aliphatic carbocycles. The number of nitro groups is 1. The average molecular weight is 577 g/mol. The molecule has 1 N–H and O–H groups in total. The molecule has 0 radical (unpaired) electrons. The first kappa shape index (κ1) is 28.0. The lowest BCUT2D eigenvalue weighted by Gasteiger charge is -2.12. The first-order chi connectivity index (χ1) is 18.4. The van der Waals surface area contributed by atoms with Crippen molar-refractivity contribution in [1.82, 2.24) is 4.57 Å². The third-order valence-corrected chi connectivity index (χ3v) is 6.47. The second-order valence-electron chi connectivity index (χ2n) is 8.54. The zero-order valence-electron chi connectivity index (χ0n) is 20.6. The quantitative estimate of drug-likeness (QED) is 0.130. The Labute approximate surface area is 231 Å². The highest BCUT2D eigenvalue weighted by molar-refractivity contribution is 6.35. The minimum Gasteiger partial charge on any atom is -0.489 e. The van der Waals surface area contributed by atoms with E-state index in [-0.39, 0.29) is 12.3 Å². The largest absolute Gasteiger partial charge is 0.489 e. The molecule has 0 saturated carbocycles. The fourth-order valence-corrected chi connectivity index (χ4v) is 4.39. The van der Waals surface area contributed by atoms with Crippen molar-refractivity contribution in [2.45, 2.75) is 26.6 Å². The van der Waals surface area contributed by atoms with Crippen molar-refractivity contribution in [1.29, 1.82) is 0 Å². The third kappa shape index (κ3) is 6.52. The van der Waals surface area contributed by atoms with Gasteiger partial charge >= 0.3 is 6.18 Å². The molecule has 202 valence electrons. The van der Waals surface area contributed by atoms with E-state index in [1.165, 1.54) is 6.21 Å². The molecule has 0 fully saturated rings. The van der Waals surface area contributed by atoms with Gasteiger partial charge in [-0.15, -0.1) is 0 Å². The minimum atomic E-state index is -4.70. The van der Waals surface area contributed by atoms with Crippen LogP contribution in [0, 0.1) is 24.0 Å². The molecule has 1 heterocycles. The number of rotatable bonds is 8. The van der Waals surface area contributed by atoms with Gasteiger partial charge in [0.05, 0.1) is 16.7 Å². The first-order valence-electron chi connectivity index (χ1n) is 11.4. The SMILES string of the molecule is Cc1cc(/C=N\Nc2ccc(C(F)(F)F)cc2[N+](=O)[O-])c(C)n1-c1ccc(OCc2ccc(Cl)cc2Cl)cc1. The van der Waals surface area contributed by atoms with Gasteiger partial charge in [-0.1, -0.05) is 29.3 Å². The lowest BCUT2D eigenvalue weighted by atomic mass is 10.1. The van der Waals surface area contributed by atoms with Gasteiger partial charge in [-0.05, 0) is 68.4 Å². The highest BCUT2D eigenvalue weighted by Gasteiger charge is 2.33. The highest BCUT2D eigenvalue weighted by Crippen LogP contribution is 2.35. The van der Waals surface area contributed by atoms with E-state index in [2.05, 4.69) is 10.5 Å². The maximum Gasteiger partial charge on any atom is 0.416 e. The van der Waals surface area contributed by atoms with Crippen LogP contribution in [-0.4, -0.2) is 15.7 Å². The van der Waals surface area contributed by atoms with Crippen molar-refractivity contribution in [2.75, 3.05) is 5.43 Å². The van der Waals surface area contributed by atoms with Crippen LogP contribution in [0.5, 0.6) is 5.75 Å². The van der Waals surface area contributed by atoms with Crippen molar-refractivity contribution in [3.8, 4) is 11.4 Å².